The number of carbonyl (C=O) groups is 2. The number of oxime groups is 1. The van der Waals surface area contributed by atoms with Crippen LogP contribution >= 0.6 is 0 Å². The zero-order chi connectivity index (χ0) is 27.5. The van der Waals surface area contributed by atoms with Gasteiger partial charge >= 0.3 is 5.97 Å². The number of fused-ring (bicyclic) bond motifs is 3. The van der Waals surface area contributed by atoms with Gasteiger partial charge in [0, 0.05) is 46.4 Å². The van der Waals surface area contributed by atoms with Gasteiger partial charge in [0.1, 0.15) is 5.75 Å². The third-order valence-electron chi connectivity index (χ3n) is 7.83. The highest BCUT2D eigenvalue weighted by Gasteiger charge is 2.18. The van der Waals surface area contributed by atoms with E-state index in [-0.39, 0.29) is 5.78 Å². The molecule has 5 rings (SSSR count). The minimum absolute atomic E-state index is 0.00520. The first-order valence-electron chi connectivity index (χ1n) is 13.9. The summed E-state index contributed by atoms with van der Waals surface area (Å²) < 4.78 is 8.34. The quantitative estimate of drug-likeness (QED) is 0.103. The van der Waals surface area contributed by atoms with Crippen LogP contribution in [0.3, 0.4) is 0 Å². The van der Waals surface area contributed by atoms with Crippen molar-refractivity contribution in [3.8, 4) is 5.75 Å². The van der Waals surface area contributed by atoms with Crippen LogP contribution in [0.15, 0.2) is 59.8 Å². The summed E-state index contributed by atoms with van der Waals surface area (Å²) in [7, 11) is 0. The Labute approximate surface area is 229 Å². The summed E-state index contributed by atoms with van der Waals surface area (Å²) in [5.41, 5.74) is 5.86. The molecule has 0 aliphatic heterocycles. The Morgan fingerprint density at radius 3 is 2.21 bits per heavy atom. The molecule has 0 unspecified atom stereocenters. The molecule has 0 radical (unpaired) electrons. The Bertz CT molecular complexity index is 1570. The standard InChI is InChI=1S/C33H36N2O4/c1-5-35-31-15-11-25(22(3)34-39-23(4)36)18-29(31)30-19-26(12-16-32(30)35)33(37)28-14-13-27(17-21(28)2)38-20-24-9-7-6-8-10-24/h11-19,24H,5-10,20H2,1-4H3. The van der Waals surface area contributed by atoms with Gasteiger partial charge in [0.2, 0.25) is 0 Å². The van der Waals surface area contributed by atoms with Crippen molar-refractivity contribution in [2.45, 2.75) is 66.3 Å². The van der Waals surface area contributed by atoms with Gasteiger partial charge < -0.3 is 14.1 Å². The Hall–Kier alpha value is -3.93. The normalized spacial score (nSPS) is 14.6. The summed E-state index contributed by atoms with van der Waals surface area (Å²) in [6.07, 6.45) is 6.41. The number of hydrogen-bond acceptors (Lipinski definition) is 5. The molecule has 0 saturated heterocycles. The molecule has 0 amide bonds. The molecule has 6 nitrogen and oxygen atoms in total. The molecule has 1 saturated carbocycles. The van der Waals surface area contributed by atoms with Crippen LogP contribution in [0.5, 0.6) is 5.75 Å². The number of rotatable bonds is 8. The number of aryl methyl sites for hydroxylation is 2. The largest absolute Gasteiger partial charge is 0.493 e. The Kier molecular flexibility index (Phi) is 7.82. The second-order valence-corrected chi connectivity index (χ2v) is 10.6. The highest BCUT2D eigenvalue weighted by molar-refractivity contribution is 6.16. The molecule has 4 aromatic rings. The van der Waals surface area contributed by atoms with Crippen LogP contribution < -0.4 is 4.74 Å². The first-order chi connectivity index (χ1) is 18.9. The molecule has 202 valence electrons. The zero-order valence-electron chi connectivity index (χ0n) is 23.3. The van der Waals surface area contributed by atoms with Gasteiger partial charge in [0.25, 0.3) is 0 Å². The van der Waals surface area contributed by atoms with E-state index in [9.17, 15) is 9.59 Å². The fourth-order valence-corrected chi connectivity index (χ4v) is 5.70. The van der Waals surface area contributed by atoms with Crippen molar-refractivity contribution >= 4 is 39.3 Å². The van der Waals surface area contributed by atoms with E-state index in [0.29, 0.717) is 22.8 Å². The first-order valence-corrected chi connectivity index (χ1v) is 13.9. The highest BCUT2D eigenvalue weighted by Crippen LogP contribution is 2.32. The molecule has 1 aliphatic rings. The predicted octanol–water partition coefficient (Wildman–Crippen LogP) is 7.60. The lowest BCUT2D eigenvalue weighted by molar-refractivity contribution is -0.140. The van der Waals surface area contributed by atoms with Gasteiger partial charge in [-0.05, 0) is 99.2 Å². The molecule has 1 aliphatic carbocycles. The second kappa shape index (κ2) is 11.4. The van der Waals surface area contributed by atoms with Gasteiger partial charge in [0.15, 0.2) is 5.78 Å². The maximum atomic E-state index is 13.6. The number of ketones is 1. The van der Waals surface area contributed by atoms with E-state index in [2.05, 4.69) is 22.7 Å². The third kappa shape index (κ3) is 5.60. The van der Waals surface area contributed by atoms with Gasteiger partial charge in [-0.2, -0.15) is 0 Å². The summed E-state index contributed by atoms with van der Waals surface area (Å²) >= 11 is 0. The van der Waals surface area contributed by atoms with Crippen molar-refractivity contribution in [1.82, 2.24) is 4.57 Å². The van der Waals surface area contributed by atoms with Gasteiger partial charge in [-0.1, -0.05) is 30.5 Å². The fraction of sp³-hybridized carbons (Fsp3) is 0.364. The molecule has 1 heterocycles. The molecule has 0 N–H and O–H groups in total. The molecule has 39 heavy (non-hydrogen) atoms. The minimum Gasteiger partial charge on any atom is -0.493 e. The molecular weight excluding hydrogens is 488 g/mol. The monoisotopic (exact) mass is 524 g/mol. The van der Waals surface area contributed by atoms with Crippen LogP contribution in [0.2, 0.25) is 0 Å². The molecule has 0 spiro atoms. The lowest BCUT2D eigenvalue weighted by atomic mass is 9.90. The Morgan fingerprint density at radius 2 is 1.56 bits per heavy atom. The topological polar surface area (TPSA) is 69.9 Å². The van der Waals surface area contributed by atoms with E-state index < -0.39 is 5.97 Å². The average molecular weight is 525 g/mol. The first kappa shape index (κ1) is 26.7. The molecular formula is C33H36N2O4. The molecule has 3 aromatic carbocycles. The zero-order valence-corrected chi connectivity index (χ0v) is 23.3. The van der Waals surface area contributed by atoms with Gasteiger partial charge in [-0.3, -0.25) is 4.79 Å². The summed E-state index contributed by atoms with van der Waals surface area (Å²) in [4.78, 5) is 29.7. The van der Waals surface area contributed by atoms with Crippen LogP contribution in [-0.2, 0) is 16.2 Å². The fourth-order valence-electron chi connectivity index (χ4n) is 5.70. The van der Waals surface area contributed by atoms with Crippen molar-refractivity contribution in [3.05, 3.63) is 76.9 Å². The highest BCUT2D eigenvalue weighted by atomic mass is 16.7. The summed E-state index contributed by atoms with van der Waals surface area (Å²) in [5, 5.41) is 5.98. The van der Waals surface area contributed by atoms with Gasteiger partial charge in [-0.15, -0.1) is 0 Å². The van der Waals surface area contributed by atoms with E-state index in [1.165, 1.54) is 39.0 Å². The summed E-state index contributed by atoms with van der Waals surface area (Å²) in [5.74, 6) is 0.999. The van der Waals surface area contributed by atoms with E-state index in [4.69, 9.17) is 9.57 Å². The minimum atomic E-state index is -0.458. The van der Waals surface area contributed by atoms with Crippen LogP contribution in [-0.4, -0.2) is 28.6 Å². The van der Waals surface area contributed by atoms with Crippen molar-refractivity contribution < 1.29 is 19.2 Å². The van der Waals surface area contributed by atoms with E-state index in [0.717, 1.165) is 51.8 Å². The lowest BCUT2D eigenvalue weighted by Gasteiger charge is -2.21. The number of aromatic nitrogens is 1. The molecule has 6 heteroatoms. The van der Waals surface area contributed by atoms with Crippen LogP contribution in [0.25, 0.3) is 21.8 Å². The summed E-state index contributed by atoms with van der Waals surface area (Å²) in [6, 6.07) is 17.8. The van der Waals surface area contributed by atoms with E-state index >= 15 is 0 Å². The van der Waals surface area contributed by atoms with Crippen LogP contribution in [0.4, 0.5) is 0 Å². The number of carbonyl (C=O) groups excluding carboxylic acids is 2. The van der Waals surface area contributed by atoms with Crippen molar-refractivity contribution in [3.63, 3.8) is 0 Å². The van der Waals surface area contributed by atoms with Gasteiger partial charge in [0.05, 0.1) is 12.3 Å². The maximum Gasteiger partial charge on any atom is 0.331 e. The van der Waals surface area contributed by atoms with E-state index in [1.54, 1.807) is 0 Å². The number of nitrogens with zero attached hydrogens (tertiary/aromatic N) is 2. The molecule has 0 bridgehead atoms. The Morgan fingerprint density at radius 1 is 0.897 bits per heavy atom. The van der Waals surface area contributed by atoms with E-state index in [1.807, 2.05) is 62.4 Å². The van der Waals surface area contributed by atoms with Crippen molar-refractivity contribution in [2.24, 2.45) is 11.1 Å². The lowest BCUT2D eigenvalue weighted by Crippen LogP contribution is -2.15. The third-order valence-corrected chi connectivity index (χ3v) is 7.83. The summed E-state index contributed by atoms with van der Waals surface area (Å²) in [6.45, 7) is 8.77. The van der Waals surface area contributed by atoms with Crippen LogP contribution in [0, 0.1) is 12.8 Å². The molecule has 1 aromatic heterocycles. The molecule has 1 fully saturated rings. The number of ether oxygens (including phenoxy) is 1. The number of benzene rings is 3. The van der Waals surface area contributed by atoms with Crippen molar-refractivity contribution in [1.29, 1.82) is 0 Å². The smallest absolute Gasteiger partial charge is 0.331 e. The SMILES string of the molecule is CCn1c2ccc(C(=O)c3ccc(OCC4CCCCC4)cc3C)cc2c2cc(C(C)=NOC(C)=O)ccc21. The van der Waals surface area contributed by atoms with Crippen LogP contribution in [0.1, 0.15) is 79.9 Å². The maximum absolute atomic E-state index is 13.6. The molecule has 0 atom stereocenters. The average Bonchev–Trinajstić information content (AvgIpc) is 3.27. The van der Waals surface area contributed by atoms with Crippen molar-refractivity contribution in [2.75, 3.05) is 6.61 Å². The Balaban J connectivity index is 1.45. The number of hydrogen-bond donors (Lipinski definition) is 0. The van der Waals surface area contributed by atoms with Gasteiger partial charge in [-0.25, -0.2) is 4.79 Å². The predicted molar refractivity (Wildman–Crippen MR) is 156 cm³/mol. The second-order valence-electron chi connectivity index (χ2n) is 10.6.